The van der Waals surface area contributed by atoms with Gasteiger partial charge in [-0.3, -0.25) is 4.79 Å². The molecule has 3 rings (SSSR count). The van der Waals surface area contributed by atoms with Crippen LogP contribution in [0.2, 0.25) is 10.0 Å². The van der Waals surface area contributed by atoms with Crippen LogP contribution in [-0.4, -0.2) is 29.1 Å². The summed E-state index contributed by atoms with van der Waals surface area (Å²) in [6.45, 7) is 2.24. The fraction of sp³-hybridized carbons (Fsp3) is 0.375. The van der Waals surface area contributed by atoms with Crippen molar-refractivity contribution < 1.29 is 0 Å². The Labute approximate surface area is 144 Å². The third kappa shape index (κ3) is 3.86. The van der Waals surface area contributed by atoms with Gasteiger partial charge in [0.15, 0.2) is 5.82 Å². The van der Waals surface area contributed by atoms with Crippen molar-refractivity contribution in [3.8, 4) is 0 Å². The lowest BCUT2D eigenvalue weighted by molar-refractivity contribution is 0.419. The number of hydrogen-bond donors (Lipinski definition) is 2. The normalized spacial score (nSPS) is 18.2. The Kier molecular flexibility index (Phi) is 5.20. The van der Waals surface area contributed by atoms with Gasteiger partial charge in [-0.2, -0.15) is 0 Å². The van der Waals surface area contributed by atoms with Gasteiger partial charge in [-0.1, -0.05) is 35.3 Å². The van der Waals surface area contributed by atoms with Crippen molar-refractivity contribution in [3.63, 3.8) is 0 Å². The first kappa shape index (κ1) is 16.3. The minimum absolute atomic E-state index is 0.147. The monoisotopic (exact) mass is 352 g/mol. The zero-order valence-corrected chi connectivity index (χ0v) is 14.1. The molecule has 0 unspecified atom stereocenters. The summed E-state index contributed by atoms with van der Waals surface area (Å²) in [6.07, 6.45) is 5.22. The molecular formula is C16H18Cl2N4O. The summed E-state index contributed by atoms with van der Waals surface area (Å²) in [7, 11) is 0. The van der Waals surface area contributed by atoms with Gasteiger partial charge in [0.1, 0.15) is 0 Å². The summed E-state index contributed by atoms with van der Waals surface area (Å²) in [6, 6.07) is 5.92. The first-order valence-electron chi connectivity index (χ1n) is 7.60. The molecule has 2 heterocycles. The van der Waals surface area contributed by atoms with Crippen molar-refractivity contribution in [2.45, 2.75) is 25.4 Å². The number of benzene rings is 1. The smallest absolute Gasteiger partial charge is 0.290 e. The number of halogens is 2. The van der Waals surface area contributed by atoms with Crippen LogP contribution in [0.1, 0.15) is 18.4 Å². The molecule has 5 nitrogen and oxygen atoms in total. The number of nitrogens with zero attached hydrogens (tertiary/aromatic N) is 2. The molecule has 122 valence electrons. The number of piperidine rings is 1. The van der Waals surface area contributed by atoms with E-state index in [1.807, 2.05) is 17.0 Å². The highest BCUT2D eigenvalue weighted by Gasteiger charge is 2.22. The fourth-order valence-electron chi connectivity index (χ4n) is 2.84. The molecule has 1 atom stereocenters. The maximum absolute atomic E-state index is 11.9. The van der Waals surface area contributed by atoms with E-state index in [0.29, 0.717) is 22.4 Å². The average Bonchev–Trinajstić information content (AvgIpc) is 2.57. The summed E-state index contributed by atoms with van der Waals surface area (Å²) in [4.78, 5) is 20.8. The predicted octanol–water partition coefficient (Wildman–Crippen LogP) is 2.84. The van der Waals surface area contributed by atoms with Crippen molar-refractivity contribution in [1.82, 2.24) is 15.3 Å². The Hall–Kier alpha value is -1.56. The molecule has 2 aromatic rings. The Morgan fingerprint density at radius 3 is 3.09 bits per heavy atom. The minimum Gasteiger partial charge on any atom is -0.350 e. The van der Waals surface area contributed by atoms with Gasteiger partial charge in [0.25, 0.3) is 5.56 Å². The maximum atomic E-state index is 11.9. The van der Waals surface area contributed by atoms with Crippen molar-refractivity contribution >= 4 is 29.0 Å². The van der Waals surface area contributed by atoms with E-state index in [1.165, 1.54) is 0 Å². The van der Waals surface area contributed by atoms with Crippen LogP contribution in [-0.2, 0) is 6.54 Å². The SMILES string of the molecule is O=c1[nH]ccnc1N1CCC[C@@H](NCc2cccc(Cl)c2Cl)C1. The van der Waals surface area contributed by atoms with E-state index >= 15 is 0 Å². The van der Waals surface area contributed by atoms with Gasteiger partial charge >= 0.3 is 0 Å². The minimum atomic E-state index is -0.147. The van der Waals surface area contributed by atoms with E-state index in [9.17, 15) is 4.79 Å². The second-order valence-electron chi connectivity index (χ2n) is 5.62. The van der Waals surface area contributed by atoms with Gasteiger partial charge in [0, 0.05) is 38.1 Å². The standard InChI is InChI=1S/C16H18Cl2N4O/c17-13-5-1-3-11(14(13)18)9-21-12-4-2-8-22(10-12)15-16(23)20-7-6-19-15/h1,3,5-7,12,21H,2,4,8-10H2,(H,20,23)/t12-/m1/s1. The van der Waals surface area contributed by atoms with Crippen LogP contribution in [0.25, 0.3) is 0 Å². The second kappa shape index (κ2) is 7.34. The summed E-state index contributed by atoms with van der Waals surface area (Å²) >= 11 is 12.3. The zero-order valence-electron chi connectivity index (χ0n) is 12.6. The number of nitrogens with one attached hydrogen (secondary N) is 2. The largest absolute Gasteiger partial charge is 0.350 e. The highest BCUT2D eigenvalue weighted by Crippen LogP contribution is 2.25. The maximum Gasteiger partial charge on any atom is 0.290 e. The van der Waals surface area contributed by atoms with Crippen LogP contribution in [0.15, 0.2) is 35.4 Å². The molecule has 1 fully saturated rings. The van der Waals surface area contributed by atoms with Crippen LogP contribution in [0, 0.1) is 0 Å². The molecule has 23 heavy (non-hydrogen) atoms. The van der Waals surface area contributed by atoms with Crippen LogP contribution in [0.3, 0.4) is 0 Å². The lowest BCUT2D eigenvalue weighted by Gasteiger charge is -2.33. The number of rotatable bonds is 4. The number of anilines is 1. The Bertz CT molecular complexity index is 734. The molecule has 7 heteroatoms. The van der Waals surface area contributed by atoms with Crippen molar-refractivity contribution in [1.29, 1.82) is 0 Å². The van der Waals surface area contributed by atoms with Crippen molar-refractivity contribution in [3.05, 3.63) is 56.6 Å². The summed E-state index contributed by atoms with van der Waals surface area (Å²) < 4.78 is 0. The highest BCUT2D eigenvalue weighted by atomic mass is 35.5. The quantitative estimate of drug-likeness (QED) is 0.888. The lowest BCUT2D eigenvalue weighted by atomic mass is 10.1. The molecule has 0 saturated carbocycles. The predicted molar refractivity (Wildman–Crippen MR) is 93.4 cm³/mol. The average molecular weight is 353 g/mol. The van der Waals surface area contributed by atoms with Gasteiger partial charge in [-0.05, 0) is 24.5 Å². The van der Waals surface area contributed by atoms with Crippen molar-refractivity contribution in [2.75, 3.05) is 18.0 Å². The Morgan fingerprint density at radius 1 is 1.39 bits per heavy atom. The number of hydrogen-bond acceptors (Lipinski definition) is 4. The summed E-state index contributed by atoms with van der Waals surface area (Å²) in [5.74, 6) is 0.486. The summed E-state index contributed by atoms with van der Waals surface area (Å²) in [5, 5.41) is 4.66. The van der Waals surface area contributed by atoms with Crippen LogP contribution in [0.5, 0.6) is 0 Å². The Balaban J connectivity index is 1.64. The Morgan fingerprint density at radius 2 is 2.26 bits per heavy atom. The number of aromatic nitrogens is 2. The number of aromatic amines is 1. The highest BCUT2D eigenvalue weighted by molar-refractivity contribution is 6.42. The zero-order chi connectivity index (χ0) is 16.2. The van der Waals surface area contributed by atoms with Crippen LogP contribution < -0.4 is 15.8 Å². The van der Waals surface area contributed by atoms with Gasteiger partial charge in [-0.15, -0.1) is 0 Å². The van der Waals surface area contributed by atoms with Gasteiger partial charge in [0.05, 0.1) is 10.0 Å². The molecule has 0 spiro atoms. The molecule has 1 aromatic carbocycles. The fourth-order valence-corrected chi connectivity index (χ4v) is 3.23. The first-order chi connectivity index (χ1) is 11.1. The van der Waals surface area contributed by atoms with E-state index < -0.39 is 0 Å². The van der Waals surface area contributed by atoms with E-state index in [0.717, 1.165) is 31.5 Å². The van der Waals surface area contributed by atoms with Crippen molar-refractivity contribution in [2.24, 2.45) is 0 Å². The molecule has 1 aliphatic heterocycles. The molecule has 1 aliphatic rings. The second-order valence-corrected chi connectivity index (χ2v) is 6.41. The van der Waals surface area contributed by atoms with Gasteiger partial charge in [0.2, 0.25) is 0 Å². The molecular weight excluding hydrogens is 335 g/mol. The van der Waals surface area contributed by atoms with E-state index in [1.54, 1.807) is 18.5 Å². The summed E-state index contributed by atoms with van der Waals surface area (Å²) in [5.41, 5.74) is 0.831. The van der Waals surface area contributed by atoms with Crippen LogP contribution in [0.4, 0.5) is 5.82 Å². The van der Waals surface area contributed by atoms with E-state index in [2.05, 4.69) is 15.3 Å². The van der Waals surface area contributed by atoms with E-state index in [-0.39, 0.29) is 11.6 Å². The molecule has 2 N–H and O–H groups in total. The molecule has 0 aliphatic carbocycles. The molecule has 0 bridgehead atoms. The van der Waals surface area contributed by atoms with Crippen LogP contribution >= 0.6 is 23.2 Å². The first-order valence-corrected chi connectivity index (χ1v) is 8.35. The topological polar surface area (TPSA) is 61.0 Å². The van der Waals surface area contributed by atoms with Gasteiger partial charge < -0.3 is 15.2 Å². The van der Waals surface area contributed by atoms with E-state index in [4.69, 9.17) is 23.2 Å². The molecule has 1 saturated heterocycles. The third-order valence-electron chi connectivity index (χ3n) is 4.02. The third-order valence-corrected chi connectivity index (χ3v) is 4.88. The number of H-pyrrole nitrogens is 1. The lowest BCUT2D eigenvalue weighted by Crippen LogP contribution is -2.47. The molecule has 0 radical (unpaired) electrons. The van der Waals surface area contributed by atoms with Gasteiger partial charge in [-0.25, -0.2) is 4.98 Å². The molecule has 1 aromatic heterocycles. The molecule has 0 amide bonds.